The number of halogens is 3. The predicted octanol–water partition coefficient (Wildman–Crippen LogP) is 2.62. The van der Waals surface area contributed by atoms with Crippen molar-refractivity contribution in [3.63, 3.8) is 0 Å². The molecule has 1 atom stereocenters. The fourth-order valence-corrected chi connectivity index (χ4v) is 7.31. The Morgan fingerprint density at radius 2 is 1.83 bits per heavy atom. The minimum atomic E-state index is -4.49. The zero-order chi connectivity index (χ0) is 32.8. The average molecular weight is 659 g/mol. The number of nitriles is 1. The molecule has 5 heterocycles. The molecule has 1 N–H and O–H groups in total. The highest BCUT2D eigenvalue weighted by atomic mass is 32.2. The minimum absolute atomic E-state index is 0.0349. The van der Waals surface area contributed by atoms with Gasteiger partial charge in [0.05, 0.1) is 41.7 Å². The Morgan fingerprint density at radius 3 is 2.48 bits per heavy atom. The number of aliphatic hydroxyl groups excluding tert-OH is 1. The zero-order valence-corrected chi connectivity index (χ0v) is 25.9. The molecule has 0 saturated carbocycles. The molecule has 0 spiro atoms. The lowest BCUT2D eigenvalue weighted by Gasteiger charge is -2.33. The highest BCUT2D eigenvalue weighted by Crippen LogP contribution is 2.34. The number of piperidine rings is 1. The van der Waals surface area contributed by atoms with Crippen molar-refractivity contribution in [3.05, 3.63) is 69.9 Å². The van der Waals surface area contributed by atoms with Gasteiger partial charge in [0.1, 0.15) is 6.54 Å². The summed E-state index contributed by atoms with van der Waals surface area (Å²) in [7, 11) is -3.52. The summed E-state index contributed by atoms with van der Waals surface area (Å²) in [4.78, 5) is 19.7. The molecule has 1 saturated heterocycles. The summed E-state index contributed by atoms with van der Waals surface area (Å²) < 4.78 is 70.2. The topological polar surface area (TPSA) is 142 Å². The van der Waals surface area contributed by atoms with Crippen LogP contribution in [0.2, 0.25) is 0 Å². The van der Waals surface area contributed by atoms with Crippen molar-refractivity contribution in [1.29, 1.82) is 5.26 Å². The first-order chi connectivity index (χ1) is 21.8. The normalized spacial score (nSPS) is 17.7. The van der Waals surface area contributed by atoms with E-state index in [-0.39, 0.29) is 37.9 Å². The van der Waals surface area contributed by atoms with Gasteiger partial charge in [-0.15, -0.1) is 0 Å². The quantitative estimate of drug-likeness (QED) is 0.305. The van der Waals surface area contributed by atoms with E-state index < -0.39 is 27.9 Å². The van der Waals surface area contributed by atoms with Crippen LogP contribution < -0.4 is 5.69 Å². The fourth-order valence-electron chi connectivity index (χ4n) is 6.53. The Balaban J connectivity index is 1.17. The van der Waals surface area contributed by atoms with Crippen LogP contribution in [0.3, 0.4) is 0 Å². The van der Waals surface area contributed by atoms with Gasteiger partial charge < -0.3 is 10.0 Å². The van der Waals surface area contributed by atoms with Crippen molar-refractivity contribution in [3.8, 4) is 17.3 Å². The number of sulfonamides is 1. The molecule has 2 aliphatic heterocycles. The van der Waals surface area contributed by atoms with Crippen LogP contribution in [0.15, 0.2) is 47.4 Å². The van der Waals surface area contributed by atoms with Gasteiger partial charge in [0.15, 0.2) is 5.65 Å². The number of fused-ring (bicyclic) bond motifs is 2. The number of hydrogen-bond donors (Lipinski definition) is 1. The second-order valence-corrected chi connectivity index (χ2v) is 13.8. The van der Waals surface area contributed by atoms with Gasteiger partial charge >= 0.3 is 11.9 Å². The van der Waals surface area contributed by atoms with Crippen LogP contribution in [-0.4, -0.2) is 85.2 Å². The van der Waals surface area contributed by atoms with E-state index in [4.69, 9.17) is 0 Å². The highest BCUT2D eigenvalue weighted by Gasteiger charge is 2.33. The third-order valence-corrected chi connectivity index (χ3v) is 10.0. The standard InChI is InChI=1S/C30H33F3N8O4S/c1-46(44,45)38-15-10-25-24(19-38)27(20-4-6-21(7-5-20)30(31,32)33)36-40(25)18-23(42)17-37-13-8-22(9-14-37)41-28-26(3-2-12-35-28)39(16-11-34)29(41)43/h2-7,12,22-23,42H,8-10,13-19H2,1H3. The predicted molar refractivity (Wildman–Crippen MR) is 162 cm³/mol. The summed E-state index contributed by atoms with van der Waals surface area (Å²) in [5, 5.41) is 25.0. The van der Waals surface area contributed by atoms with E-state index in [1.807, 2.05) is 6.07 Å². The third kappa shape index (κ3) is 6.19. The second kappa shape index (κ2) is 12.3. The van der Waals surface area contributed by atoms with Gasteiger partial charge in [-0.2, -0.15) is 27.8 Å². The second-order valence-electron chi connectivity index (χ2n) is 11.8. The van der Waals surface area contributed by atoms with Gasteiger partial charge in [0, 0.05) is 68.2 Å². The number of aromatic nitrogens is 5. The van der Waals surface area contributed by atoms with Crippen molar-refractivity contribution in [2.45, 2.75) is 57.2 Å². The first-order valence-electron chi connectivity index (χ1n) is 14.9. The summed E-state index contributed by atoms with van der Waals surface area (Å²) in [5.41, 5.74) is 2.27. The molecular weight excluding hydrogens is 625 g/mol. The SMILES string of the molecule is CS(=O)(=O)N1CCc2c(c(-c3ccc(C(F)(F)F)cc3)nn2CC(O)CN2CCC(n3c(=O)n(CC#N)c4cccnc43)CC2)C1. The number of pyridine rings is 1. The number of aliphatic hydroxyl groups is 1. The molecule has 1 aromatic carbocycles. The van der Waals surface area contributed by atoms with Crippen molar-refractivity contribution in [2.24, 2.45) is 0 Å². The van der Waals surface area contributed by atoms with Gasteiger partial charge in [-0.3, -0.25) is 13.8 Å². The minimum Gasteiger partial charge on any atom is -0.390 e. The average Bonchev–Trinajstić information content (AvgIpc) is 3.51. The van der Waals surface area contributed by atoms with Crippen molar-refractivity contribution >= 4 is 21.2 Å². The van der Waals surface area contributed by atoms with E-state index in [1.54, 1.807) is 27.6 Å². The van der Waals surface area contributed by atoms with Gasteiger partial charge in [-0.05, 0) is 37.1 Å². The first kappa shape index (κ1) is 31.9. The molecule has 3 aromatic heterocycles. The van der Waals surface area contributed by atoms with Crippen LogP contribution >= 0.6 is 0 Å². The molecule has 0 aliphatic carbocycles. The zero-order valence-electron chi connectivity index (χ0n) is 25.1. The number of nitrogens with zero attached hydrogens (tertiary/aromatic N) is 8. The maximum absolute atomic E-state index is 13.2. The van der Waals surface area contributed by atoms with Crippen molar-refractivity contribution < 1.29 is 26.7 Å². The van der Waals surface area contributed by atoms with Gasteiger partial charge in [-0.1, -0.05) is 12.1 Å². The Morgan fingerprint density at radius 1 is 1.11 bits per heavy atom. The third-order valence-electron chi connectivity index (χ3n) is 8.78. The van der Waals surface area contributed by atoms with Crippen LogP contribution in [0.1, 0.15) is 35.7 Å². The number of benzene rings is 1. The smallest absolute Gasteiger partial charge is 0.390 e. The van der Waals surface area contributed by atoms with E-state index in [0.717, 1.165) is 24.1 Å². The van der Waals surface area contributed by atoms with E-state index in [2.05, 4.69) is 15.0 Å². The van der Waals surface area contributed by atoms with Crippen molar-refractivity contribution in [1.82, 2.24) is 33.1 Å². The molecule has 6 rings (SSSR count). The maximum Gasteiger partial charge on any atom is 0.416 e. The van der Waals surface area contributed by atoms with Crippen LogP contribution in [0.4, 0.5) is 13.2 Å². The molecule has 46 heavy (non-hydrogen) atoms. The number of imidazole rings is 1. The van der Waals surface area contributed by atoms with Crippen LogP contribution in [0, 0.1) is 11.3 Å². The molecule has 0 bridgehead atoms. The van der Waals surface area contributed by atoms with Crippen LogP contribution in [0.5, 0.6) is 0 Å². The molecule has 16 heteroatoms. The molecule has 2 aliphatic rings. The summed E-state index contributed by atoms with van der Waals surface area (Å²) in [6, 6.07) is 10.0. The molecule has 1 fully saturated rings. The number of β-amino-alcohol motifs (C(OH)–C–C–N with tert-alkyl or cyclic N) is 1. The summed E-state index contributed by atoms with van der Waals surface area (Å²) in [6.45, 7) is 1.87. The number of rotatable bonds is 8. The molecule has 12 nitrogen and oxygen atoms in total. The Labute approximate surface area is 262 Å². The Bertz CT molecular complexity index is 1950. The number of hydrogen-bond acceptors (Lipinski definition) is 8. The lowest BCUT2D eigenvalue weighted by Crippen LogP contribution is -2.42. The summed E-state index contributed by atoms with van der Waals surface area (Å²) >= 11 is 0. The maximum atomic E-state index is 13.2. The highest BCUT2D eigenvalue weighted by molar-refractivity contribution is 7.88. The van der Waals surface area contributed by atoms with Gasteiger partial charge in [0.25, 0.3) is 0 Å². The van der Waals surface area contributed by atoms with Crippen LogP contribution in [0.25, 0.3) is 22.4 Å². The number of likely N-dealkylation sites (tertiary alicyclic amines) is 1. The summed E-state index contributed by atoms with van der Waals surface area (Å²) in [5.74, 6) is 0. The van der Waals surface area contributed by atoms with E-state index >= 15 is 0 Å². The molecule has 4 aromatic rings. The van der Waals surface area contributed by atoms with E-state index in [1.165, 1.54) is 21.0 Å². The molecule has 1 unspecified atom stereocenters. The Kier molecular flexibility index (Phi) is 8.53. The first-order valence-corrected chi connectivity index (χ1v) is 16.7. The van der Waals surface area contributed by atoms with E-state index in [9.17, 15) is 36.8 Å². The monoisotopic (exact) mass is 658 g/mol. The largest absolute Gasteiger partial charge is 0.416 e. The molecule has 0 amide bonds. The summed E-state index contributed by atoms with van der Waals surface area (Å²) in [6.07, 6.45) is -0.962. The lowest BCUT2D eigenvalue weighted by molar-refractivity contribution is -0.137. The van der Waals surface area contributed by atoms with Gasteiger partial charge in [0.2, 0.25) is 10.0 Å². The Hall–Kier alpha value is -4.04. The fraction of sp³-hybridized carbons (Fsp3) is 0.467. The van der Waals surface area contributed by atoms with Gasteiger partial charge in [-0.25, -0.2) is 18.2 Å². The van der Waals surface area contributed by atoms with Crippen LogP contribution in [-0.2, 0) is 42.3 Å². The van der Waals surface area contributed by atoms with Crippen molar-refractivity contribution in [2.75, 3.05) is 32.4 Å². The molecule has 244 valence electrons. The molecule has 0 radical (unpaired) electrons. The van der Waals surface area contributed by atoms with E-state index in [0.29, 0.717) is 66.9 Å². The number of alkyl halides is 3. The molecular formula is C30H33F3N8O4S. The lowest BCUT2D eigenvalue weighted by atomic mass is 10.0.